The first-order valence-electron chi connectivity index (χ1n) is 7.12. The third-order valence-electron chi connectivity index (χ3n) is 3.35. The summed E-state index contributed by atoms with van der Waals surface area (Å²) < 4.78 is 0. The number of anilines is 1. The Hall–Kier alpha value is -2.20. The lowest BCUT2D eigenvalue weighted by molar-refractivity contribution is -0.116. The quantitative estimate of drug-likeness (QED) is 0.802. The molecule has 0 fully saturated rings. The molecule has 2 aromatic rings. The highest BCUT2D eigenvalue weighted by Crippen LogP contribution is 2.19. The van der Waals surface area contributed by atoms with Gasteiger partial charge in [-0.05, 0) is 42.7 Å². The molecule has 0 radical (unpaired) electrons. The maximum absolute atomic E-state index is 12.0. The van der Waals surface area contributed by atoms with Crippen molar-refractivity contribution in [3.63, 3.8) is 0 Å². The van der Waals surface area contributed by atoms with Crippen LogP contribution in [0.25, 0.3) is 0 Å². The first-order valence-corrected chi connectivity index (χ1v) is 7.12. The van der Waals surface area contributed by atoms with Crippen LogP contribution < -0.4 is 10.6 Å². The fourth-order valence-electron chi connectivity index (χ4n) is 2.15. The van der Waals surface area contributed by atoms with Gasteiger partial charge >= 0.3 is 0 Å². The molecule has 0 aliphatic rings. The van der Waals surface area contributed by atoms with Crippen molar-refractivity contribution < 1.29 is 4.79 Å². The van der Waals surface area contributed by atoms with Gasteiger partial charge in [0.15, 0.2) is 0 Å². The lowest BCUT2D eigenvalue weighted by atomic mass is 10.1. The predicted octanol–water partition coefficient (Wildman–Crippen LogP) is 2.82. The Morgan fingerprint density at radius 1 is 1.10 bits per heavy atom. The van der Waals surface area contributed by atoms with Crippen LogP contribution in [-0.2, 0) is 11.3 Å². The van der Waals surface area contributed by atoms with Crippen molar-refractivity contribution in [1.82, 2.24) is 10.3 Å². The van der Waals surface area contributed by atoms with Gasteiger partial charge in [0, 0.05) is 37.6 Å². The molecule has 0 atom stereocenters. The number of amides is 1. The highest BCUT2D eigenvalue weighted by Gasteiger charge is 2.06. The fraction of sp³-hybridized carbons (Fsp3) is 0.294. The minimum atomic E-state index is 0.0367. The van der Waals surface area contributed by atoms with Crippen LogP contribution in [0.1, 0.15) is 23.1 Å². The minimum Gasteiger partial charge on any atom is -0.326 e. The first-order chi connectivity index (χ1) is 10.2. The third kappa shape index (κ3) is 4.68. The molecule has 1 heterocycles. The van der Waals surface area contributed by atoms with E-state index in [-0.39, 0.29) is 5.91 Å². The van der Waals surface area contributed by atoms with E-state index >= 15 is 0 Å². The lowest BCUT2D eigenvalue weighted by Gasteiger charge is -2.11. The second kappa shape index (κ2) is 7.55. The van der Waals surface area contributed by atoms with Crippen molar-refractivity contribution in [2.45, 2.75) is 26.8 Å². The van der Waals surface area contributed by atoms with Gasteiger partial charge in [-0.1, -0.05) is 18.2 Å². The highest BCUT2D eigenvalue weighted by molar-refractivity contribution is 5.92. The Balaban J connectivity index is 1.75. The standard InChI is InChI=1S/C17H21N3O/c1-13-4-3-5-14(2)17(13)20-16(21)8-11-19-12-15-6-9-18-10-7-15/h3-7,9-10,19H,8,11-12H2,1-2H3,(H,20,21). The van der Waals surface area contributed by atoms with Gasteiger partial charge in [-0.2, -0.15) is 0 Å². The summed E-state index contributed by atoms with van der Waals surface area (Å²) in [5.41, 5.74) is 4.28. The van der Waals surface area contributed by atoms with Gasteiger partial charge < -0.3 is 10.6 Å². The molecule has 0 unspecified atom stereocenters. The molecule has 1 amide bonds. The van der Waals surface area contributed by atoms with Gasteiger partial charge in [0.25, 0.3) is 0 Å². The minimum absolute atomic E-state index is 0.0367. The Morgan fingerprint density at radius 3 is 2.43 bits per heavy atom. The van der Waals surface area contributed by atoms with Crippen LogP contribution >= 0.6 is 0 Å². The van der Waals surface area contributed by atoms with Crippen LogP contribution in [-0.4, -0.2) is 17.4 Å². The molecule has 2 rings (SSSR count). The van der Waals surface area contributed by atoms with Crippen molar-refractivity contribution in [2.24, 2.45) is 0 Å². The van der Waals surface area contributed by atoms with E-state index in [1.807, 2.05) is 44.2 Å². The number of carbonyl (C=O) groups excluding carboxylic acids is 1. The van der Waals surface area contributed by atoms with Gasteiger partial charge in [0.05, 0.1) is 0 Å². The van der Waals surface area contributed by atoms with Crippen LogP contribution in [0.15, 0.2) is 42.7 Å². The van der Waals surface area contributed by atoms with Crippen LogP contribution in [0.2, 0.25) is 0 Å². The lowest BCUT2D eigenvalue weighted by Crippen LogP contribution is -2.22. The zero-order valence-electron chi connectivity index (χ0n) is 12.5. The molecule has 2 N–H and O–H groups in total. The van der Waals surface area contributed by atoms with Gasteiger partial charge in [-0.3, -0.25) is 9.78 Å². The Kier molecular flexibility index (Phi) is 5.46. The maximum atomic E-state index is 12.0. The molecule has 21 heavy (non-hydrogen) atoms. The molecule has 110 valence electrons. The average molecular weight is 283 g/mol. The monoisotopic (exact) mass is 283 g/mol. The smallest absolute Gasteiger partial charge is 0.225 e. The molecular formula is C17H21N3O. The summed E-state index contributed by atoms with van der Waals surface area (Å²) in [7, 11) is 0. The summed E-state index contributed by atoms with van der Waals surface area (Å²) in [5, 5.41) is 6.25. The van der Waals surface area contributed by atoms with E-state index in [4.69, 9.17) is 0 Å². The zero-order valence-corrected chi connectivity index (χ0v) is 12.5. The van der Waals surface area contributed by atoms with E-state index in [0.717, 1.165) is 23.4 Å². The normalized spacial score (nSPS) is 10.4. The van der Waals surface area contributed by atoms with Crippen LogP contribution in [0.5, 0.6) is 0 Å². The zero-order chi connectivity index (χ0) is 15.1. The molecule has 0 aliphatic heterocycles. The average Bonchev–Trinajstić information content (AvgIpc) is 2.49. The van der Waals surface area contributed by atoms with E-state index in [1.54, 1.807) is 12.4 Å². The Bertz CT molecular complexity index is 576. The second-order valence-corrected chi connectivity index (χ2v) is 5.10. The number of benzene rings is 1. The number of hydrogen-bond acceptors (Lipinski definition) is 3. The maximum Gasteiger partial charge on any atom is 0.225 e. The van der Waals surface area contributed by atoms with Crippen molar-refractivity contribution >= 4 is 11.6 Å². The SMILES string of the molecule is Cc1cccc(C)c1NC(=O)CCNCc1ccncc1. The Morgan fingerprint density at radius 2 is 1.76 bits per heavy atom. The van der Waals surface area contributed by atoms with E-state index in [9.17, 15) is 4.79 Å². The number of carbonyl (C=O) groups is 1. The van der Waals surface area contributed by atoms with E-state index in [0.29, 0.717) is 13.0 Å². The number of aromatic nitrogens is 1. The summed E-state index contributed by atoms with van der Waals surface area (Å²) >= 11 is 0. The van der Waals surface area contributed by atoms with Crippen molar-refractivity contribution in [3.05, 3.63) is 59.4 Å². The summed E-state index contributed by atoms with van der Waals surface area (Å²) in [5.74, 6) is 0.0367. The number of nitrogens with zero attached hydrogens (tertiary/aromatic N) is 1. The van der Waals surface area contributed by atoms with Crippen molar-refractivity contribution in [1.29, 1.82) is 0 Å². The largest absolute Gasteiger partial charge is 0.326 e. The third-order valence-corrected chi connectivity index (χ3v) is 3.35. The predicted molar refractivity (Wildman–Crippen MR) is 85.1 cm³/mol. The number of aryl methyl sites for hydroxylation is 2. The molecular weight excluding hydrogens is 262 g/mol. The number of hydrogen-bond donors (Lipinski definition) is 2. The first kappa shape index (κ1) is 15.2. The topological polar surface area (TPSA) is 54.0 Å². The van der Waals surface area contributed by atoms with Crippen molar-refractivity contribution in [3.8, 4) is 0 Å². The van der Waals surface area contributed by atoms with Crippen molar-refractivity contribution in [2.75, 3.05) is 11.9 Å². The van der Waals surface area contributed by atoms with Gasteiger partial charge in [0.2, 0.25) is 5.91 Å². The van der Waals surface area contributed by atoms with E-state index in [2.05, 4.69) is 15.6 Å². The number of pyridine rings is 1. The summed E-state index contributed by atoms with van der Waals surface area (Å²) in [6.07, 6.45) is 3.99. The number of rotatable bonds is 6. The van der Waals surface area contributed by atoms with Crippen LogP contribution in [0, 0.1) is 13.8 Å². The summed E-state index contributed by atoms with van der Waals surface area (Å²) in [6.45, 7) is 5.41. The van der Waals surface area contributed by atoms with Gasteiger partial charge in [-0.15, -0.1) is 0 Å². The molecule has 0 saturated carbocycles. The molecule has 0 bridgehead atoms. The molecule has 4 heteroatoms. The molecule has 0 spiro atoms. The van der Waals surface area contributed by atoms with Gasteiger partial charge in [-0.25, -0.2) is 0 Å². The van der Waals surface area contributed by atoms with E-state index in [1.165, 1.54) is 5.56 Å². The van der Waals surface area contributed by atoms with Gasteiger partial charge in [0.1, 0.15) is 0 Å². The number of para-hydroxylation sites is 1. The molecule has 0 saturated heterocycles. The summed E-state index contributed by atoms with van der Waals surface area (Å²) in [6, 6.07) is 9.93. The number of nitrogens with one attached hydrogen (secondary N) is 2. The highest BCUT2D eigenvalue weighted by atomic mass is 16.1. The van der Waals surface area contributed by atoms with E-state index < -0.39 is 0 Å². The Labute approximate surface area is 125 Å². The fourth-order valence-corrected chi connectivity index (χ4v) is 2.15. The molecule has 1 aromatic heterocycles. The second-order valence-electron chi connectivity index (χ2n) is 5.10. The van der Waals surface area contributed by atoms with Crippen LogP contribution in [0.3, 0.4) is 0 Å². The van der Waals surface area contributed by atoms with Crippen LogP contribution in [0.4, 0.5) is 5.69 Å². The molecule has 1 aromatic carbocycles. The molecule has 4 nitrogen and oxygen atoms in total. The molecule has 0 aliphatic carbocycles. The summed E-state index contributed by atoms with van der Waals surface area (Å²) in [4.78, 5) is 15.9.